The number of rotatable bonds is 6. The van der Waals surface area contributed by atoms with Crippen molar-refractivity contribution in [1.82, 2.24) is 9.66 Å². The van der Waals surface area contributed by atoms with E-state index in [1.54, 1.807) is 67.6 Å². The molecule has 0 saturated carbocycles. The SMILES string of the molecule is CCOc1cc(C=Nn2c(-c3cc4cc(Cl)ccc4o3)nc3ccccc3c2=O)cc(Cl)c1OC(C)=O. The maximum absolute atomic E-state index is 13.5. The Morgan fingerprint density at radius 2 is 1.95 bits per heavy atom. The van der Waals surface area contributed by atoms with Gasteiger partial charge in [-0.05, 0) is 61.0 Å². The van der Waals surface area contributed by atoms with Gasteiger partial charge < -0.3 is 13.9 Å². The van der Waals surface area contributed by atoms with Gasteiger partial charge in [-0.1, -0.05) is 35.3 Å². The third-order valence-corrected chi connectivity index (χ3v) is 5.87. The Labute approximate surface area is 220 Å². The molecule has 0 amide bonds. The monoisotopic (exact) mass is 535 g/mol. The Bertz CT molecular complexity index is 1760. The van der Waals surface area contributed by atoms with E-state index in [0.717, 1.165) is 10.1 Å². The van der Waals surface area contributed by atoms with Crippen LogP contribution in [0.15, 0.2) is 75.0 Å². The first kappa shape index (κ1) is 24.5. The van der Waals surface area contributed by atoms with Gasteiger partial charge in [-0.25, -0.2) is 4.98 Å². The average Bonchev–Trinajstić information content (AvgIpc) is 3.28. The summed E-state index contributed by atoms with van der Waals surface area (Å²) < 4.78 is 17.9. The fraction of sp³-hybridized carbons (Fsp3) is 0.111. The third-order valence-electron chi connectivity index (χ3n) is 5.35. The first-order valence-electron chi connectivity index (χ1n) is 11.2. The highest BCUT2D eigenvalue weighted by Crippen LogP contribution is 2.36. The van der Waals surface area contributed by atoms with Crippen molar-refractivity contribution in [3.05, 3.63) is 86.6 Å². The van der Waals surface area contributed by atoms with E-state index in [-0.39, 0.29) is 27.9 Å². The minimum atomic E-state index is -0.533. The minimum Gasteiger partial charge on any atom is -0.490 e. The molecule has 2 heterocycles. The molecule has 0 unspecified atom stereocenters. The molecule has 0 radical (unpaired) electrons. The summed E-state index contributed by atoms with van der Waals surface area (Å²) in [5, 5.41) is 6.29. The summed E-state index contributed by atoms with van der Waals surface area (Å²) in [6, 6.07) is 17.1. The van der Waals surface area contributed by atoms with Gasteiger partial charge in [0.15, 0.2) is 17.3 Å². The van der Waals surface area contributed by atoms with Gasteiger partial charge in [0.2, 0.25) is 5.82 Å². The number of carbonyl (C=O) groups excluding carboxylic acids is 1. The summed E-state index contributed by atoms with van der Waals surface area (Å²) in [5.41, 5.74) is 1.21. The third kappa shape index (κ3) is 4.94. The molecule has 0 atom stereocenters. The fourth-order valence-corrected chi connectivity index (χ4v) is 4.25. The van der Waals surface area contributed by atoms with Crippen molar-refractivity contribution in [2.24, 2.45) is 5.10 Å². The molecule has 5 aromatic rings. The van der Waals surface area contributed by atoms with E-state index < -0.39 is 5.97 Å². The normalized spacial score (nSPS) is 11.5. The maximum atomic E-state index is 13.5. The van der Waals surface area contributed by atoms with Crippen LogP contribution < -0.4 is 15.0 Å². The van der Waals surface area contributed by atoms with E-state index in [1.165, 1.54) is 13.1 Å². The molecule has 0 aliphatic carbocycles. The first-order chi connectivity index (χ1) is 17.8. The molecule has 0 spiro atoms. The smallest absolute Gasteiger partial charge is 0.308 e. The van der Waals surface area contributed by atoms with Crippen molar-refractivity contribution >= 4 is 57.3 Å². The van der Waals surface area contributed by atoms with Crippen LogP contribution >= 0.6 is 23.2 Å². The van der Waals surface area contributed by atoms with Crippen molar-refractivity contribution in [3.8, 4) is 23.1 Å². The average molecular weight is 536 g/mol. The lowest BCUT2D eigenvalue weighted by atomic mass is 10.2. The Hall–Kier alpha value is -4.14. The highest BCUT2D eigenvalue weighted by molar-refractivity contribution is 6.32. The predicted octanol–water partition coefficient (Wildman–Crippen LogP) is 6.32. The van der Waals surface area contributed by atoms with Crippen molar-refractivity contribution in [2.75, 3.05) is 6.61 Å². The highest BCUT2D eigenvalue weighted by atomic mass is 35.5. The second-order valence-electron chi connectivity index (χ2n) is 7.96. The number of halogens is 2. The van der Waals surface area contributed by atoms with Gasteiger partial charge in [0.1, 0.15) is 5.58 Å². The lowest BCUT2D eigenvalue weighted by Gasteiger charge is -2.12. The van der Waals surface area contributed by atoms with Crippen molar-refractivity contribution in [3.63, 3.8) is 0 Å². The number of carbonyl (C=O) groups is 1. The molecule has 0 bridgehead atoms. The highest BCUT2D eigenvalue weighted by Gasteiger charge is 2.18. The molecule has 186 valence electrons. The molecule has 10 heteroatoms. The quantitative estimate of drug-likeness (QED) is 0.143. The Morgan fingerprint density at radius 3 is 2.73 bits per heavy atom. The molecule has 0 aliphatic heterocycles. The Morgan fingerprint density at radius 1 is 1.14 bits per heavy atom. The number of hydrogen-bond acceptors (Lipinski definition) is 7. The lowest BCUT2D eigenvalue weighted by molar-refractivity contribution is -0.132. The zero-order chi connectivity index (χ0) is 26.1. The van der Waals surface area contributed by atoms with Crippen LogP contribution in [0.2, 0.25) is 10.0 Å². The number of fused-ring (bicyclic) bond motifs is 2. The molecule has 0 aliphatic rings. The van der Waals surface area contributed by atoms with Crippen molar-refractivity contribution in [2.45, 2.75) is 13.8 Å². The van der Waals surface area contributed by atoms with Crippen LogP contribution in [0.1, 0.15) is 19.4 Å². The first-order valence-corrected chi connectivity index (χ1v) is 12.0. The van der Waals surface area contributed by atoms with Crippen LogP contribution in [-0.4, -0.2) is 28.5 Å². The Balaban J connectivity index is 1.66. The maximum Gasteiger partial charge on any atom is 0.308 e. The molecular formula is C27H19Cl2N3O5. The van der Waals surface area contributed by atoms with E-state index in [9.17, 15) is 9.59 Å². The van der Waals surface area contributed by atoms with Crippen molar-refractivity contribution < 1.29 is 18.7 Å². The molecule has 37 heavy (non-hydrogen) atoms. The van der Waals surface area contributed by atoms with Gasteiger partial charge in [0, 0.05) is 17.3 Å². The van der Waals surface area contributed by atoms with Gasteiger partial charge in [-0.15, -0.1) is 0 Å². The van der Waals surface area contributed by atoms with E-state index in [2.05, 4.69) is 10.1 Å². The summed E-state index contributed by atoms with van der Waals surface area (Å²) in [4.78, 5) is 29.6. The molecule has 0 saturated heterocycles. The zero-order valence-electron chi connectivity index (χ0n) is 19.7. The number of benzene rings is 3. The number of nitrogens with zero attached hydrogens (tertiary/aromatic N) is 3. The van der Waals surface area contributed by atoms with Crippen LogP contribution in [0.3, 0.4) is 0 Å². The van der Waals surface area contributed by atoms with Gasteiger partial charge in [0.25, 0.3) is 5.56 Å². The number of furan rings is 1. The molecule has 8 nitrogen and oxygen atoms in total. The van der Waals surface area contributed by atoms with E-state index in [4.69, 9.17) is 37.1 Å². The molecule has 3 aromatic carbocycles. The summed E-state index contributed by atoms with van der Waals surface area (Å²) in [6.07, 6.45) is 1.44. The Kier molecular flexibility index (Phi) is 6.69. The fourth-order valence-electron chi connectivity index (χ4n) is 3.81. The zero-order valence-corrected chi connectivity index (χ0v) is 21.2. The van der Waals surface area contributed by atoms with Crippen LogP contribution in [-0.2, 0) is 4.79 Å². The summed E-state index contributed by atoms with van der Waals surface area (Å²) >= 11 is 12.5. The topological polar surface area (TPSA) is 95.9 Å². The standard InChI is InChI=1S/C27H19Cl2N3O5/c1-3-35-23-11-16(10-20(29)25(23)36-15(2)33)14-30-32-26(31-21-7-5-4-6-19(21)27(32)34)24-13-17-12-18(28)8-9-22(17)37-24/h4-14H,3H2,1-2H3. The van der Waals surface area contributed by atoms with Crippen molar-refractivity contribution in [1.29, 1.82) is 0 Å². The summed E-state index contributed by atoms with van der Waals surface area (Å²) in [7, 11) is 0. The number of esters is 1. The molecule has 2 aromatic heterocycles. The number of ether oxygens (including phenoxy) is 2. The van der Waals surface area contributed by atoms with Gasteiger partial charge in [0.05, 0.1) is 28.7 Å². The van der Waals surface area contributed by atoms with Crippen LogP contribution in [0.4, 0.5) is 0 Å². The largest absolute Gasteiger partial charge is 0.490 e. The predicted molar refractivity (Wildman–Crippen MR) is 143 cm³/mol. The molecule has 0 N–H and O–H groups in total. The summed E-state index contributed by atoms with van der Waals surface area (Å²) in [6.45, 7) is 3.38. The molecule has 0 fully saturated rings. The van der Waals surface area contributed by atoms with E-state index in [1.807, 2.05) is 0 Å². The lowest BCUT2D eigenvalue weighted by Crippen LogP contribution is -2.20. The van der Waals surface area contributed by atoms with Crippen LogP contribution in [0.25, 0.3) is 33.5 Å². The van der Waals surface area contributed by atoms with E-state index >= 15 is 0 Å². The van der Waals surface area contributed by atoms with Crippen LogP contribution in [0.5, 0.6) is 11.5 Å². The van der Waals surface area contributed by atoms with Gasteiger partial charge in [-0.2, -0.15) is 9.78 Å². The number of aromatic nitrogens is 2. The summed E-state index contributed by atoms with van der Waals surface area (Å²) in [5.74, 6) is 0.398. The molecular weight excluding hydrogens is 517 g/mol. The minimum absolute atomic E-state index is 0.110. The van der Waals surface area contributed by atoms with E-state index in [0.29, 0.717) is 39.4 Å². The second kappa shape index (κ2) is 10.1. The van der Waals surface area contributed by atoms with Crippen LogP contribution in [0, 0.1) is 0 Å². The van der Waals surface area contributed by atoms with Gasteiger partial charge in [-0.3, -0.25) is 9.59 Å². The second-order valence-corrected chi connectivity index (χ2v) is 8.81. The molecule has 5 rings (SSSR count). The van der Waals surface area contributed by atoms with Gasteiger partial charge >= 0.3 is 5.97 Å². The number of para-hydroxylation sites is 1. The number of hydrogen-bond donors (Lipinski definition) is 0.